The molecule has 60 valence electrons. The molecular formula is C6H10N4O. The number of anilines is 1. The fourth-order valence-corrected chi connectivity index (χ4v) is 0.712. The van der Waals surface area contributed by atoms with Crippen molar-refractivity contribution in [1.82, 2.24) is 9.97 Å². The molecule has 0 amide bonds. The highest BCUT2D eigenvalue weighted by Gasteiger charge is 2.07. The Kier molecular flexibility index (Phi) is 1.91. The molecule has 3 N–H and O–H groups in total. The molecule has 0 radical (unpaired) electrons. The van der Waals surface area contributed by atoms with Crippen molar-refractivity contribution in [2.75, 3.05) is 12.1 Å². The molecule has 5 nitrogen and oxygen atoms in total. The Morgan fingerprint density at radius 3 is 2.64 bits per heavy atom. The number of aromatic hydroxyl groups is 1. The molecule has 5 heteroatoms. The largest absolute Gasteiger partial charge is 0.503 e. The lowest BCUT2D eigenvalue weighted by Gasteiger charge is -2.12. The van der Waals surface area contributed by atoms with Gasteiger partial charge >= 0.3 is 0 Å². The lowest BCUT2D eigenvalue weighted by Crippen LogP contribution is -2.26. The molecule has 0 aliphatic rings. The summed E-state index contributed by atoms with van der Waals surface area (Å²) >= 11 is 0. The van der Waals surface area contributed by atoms with Gasteiger partial charge in [-0.1, -0.05) is 0 Å². The zero-order chi connectivity index (χ0) is 8.43. The summed E-state index contributed by atoms with van der Waals surface area (Å²) in [5, 5.41) is 10.6. The maximum atomic E-state index is 9.32. The molecule has 1 heterocycles. The predicted molar refractivity (Wildman–Crippen MR) is 41.0 cm³/mol. The molecule has 1 aromatic rings. The Balaban J connectivity index is 3.17. The van der Waals surface area contributed by atoms with Gasteiger partial charge in [-0.2, -0.15) is 0 Å². The van der Waals surface area contributed by atoms with Crippen LogP contribution in [-0.4, -0.2) is 22.1 Å². The van der Waals surface area contributed by atoms with Gasteiger partial charge in [0.2, 0.25) is 0 Å². The summed E-state index contributed by atoms with van der Waals surface area (Å²) in [6.45, 7) is 1.68. The second kappa shape index (κ2) is 2.71. The first-order valence-electron chi connectivity index (χ1n) is 3.12. The summed E-state index contributed by atoms with van der Waals surface area (Å²) in [4.78, 5) is 7.56. The van der Waals surface area contributed by atoms with E-state index in [1.807, 2.05) is 0 Å². The van der Waals surface area contributed by atoms with Crippen LogP contribution in [0.1, 0.15) is 5.69 Å². The van der Waals surface area contributed by atoms with Crippen molar-refractivity contribution >= 4 is 5.82 Å². The minimum Gasteiger partial charge on any atom is -0.503 e. The summed E-state index contributed by atoms with van der Waals surface area (Å²) < 4.78 is 0. The van der Waals surface area contributed by atoms with Crippen LogP contribution in [0.3, 0.4) is 0 Å². The molecule has 0 unspecified atom stereocenters. The highest BCUT2D eigenvalue weighted by Crippen LogP contribution is 2.22. The normalized spacial score (nSPS) is 9.73. The van der Waals surface area contributed by atoms with Gasteiger partial charge < -0.3 is 5.11 Å². The molecule has 1 rings (SSSR count). The Bertz CT molecular complexity index is 261. The van der Waals surface area contributed by atoms with Crippen LogP contribution in [-0.2, 0) is 0 Å². The van der Waals surface area contributed by atoms with E-state index in [1.165, 1.54) is 11.3 Å². The van der Waals surface area contributed by atoms with Crippen molar-refractivity contribution in [2.45, 2.75) is 6.92 Å². The van der Waals surface area contributed by atoms with Crippen LogP contribution in [0.15, 0.2) is 6.33 Å². The molecule has 0 aliphatic carbocycles. The van der Waals surface area contributed by atoms with E-state index in [2.05, 4.69) is 9.97 Å². The van der Waals surface area contributed by atoms with Crippen LogP contribution in [0.2, 0.25) is 0 Å². The van der Waals surface area contributed by atoms with E-state index in [0.29, 0.717) is 11.5 Å². The lowest BCUT2D eigenvalue weighted by molar-refractivity contribution is 0.464. The molecular weight excluding hydrogens is 144 g/mol. The number of nitrogens with two attached hydrogens (primary N) is 1. The van der Waals surface area contributed by atoms with Crippen LogP contribution in [0, 0.1) is 6.92 Å². The molecule has 11 heavy (non-hydrogen) atoms. The molecule has 0 aromatic carbocycles. The summed E-state index contributed by atoms with van der Waals surface area (Å²) in [6.07, 6.45) is 1.35. The van der Waals surface area contributed by atoms with Gasteiger partial charge in [0, 0.05) is 7.05 Å². The molecule has 0 fully saturated rings. The third kappa shape index (κ3) is 1.38. The first-order valence-corrected chi connectivity index (χ1v) is 3.12. The van der Waals surface area contributed by atoms with Crippen molar-refractivity contribution in [3.05, 3.63) is 12.0 Å². The van der Waals surface area contributed by atoms with Crippen LogP contribution >= 0.6 is 0 Å². The van der Waals surface area contributed by atoms with E-state index in [1.54, 1.807) is 14.0 Å². The zero-order valence-electron chi connectivity index (χ0n) is 6.44. The third-order valence-electron chi connectivity index (χ3n) is 1.32. The number of aryl methyl sites for hydroxylation is 1. The Morgan fingerprint density at radius 1 is 1.55 bits per heavy atom. The fraction of sp³-hybridized carbons (Fsp3) is 0.333. The van der Waals surface area contributed by atoms with E-state index >= 15 is 0 Å². The fourth-order valence-electron chi connectivity index (χ4n) is 0.712. The third-order valence-corrected chi connectivity index (χ3v) is 1.32. The van der Waals surface area contributed by atoms with E-state index in [9.17, 15) is 5.11 Å². The van der Waals surface area contributed by atoms with Gasteiger partial charge in [-0.05, 0) is 6.92 Å². The van der Waals surface area contributed by atoms with E-state index in [0.717, 1.165) is 0 Å². The maximum absolute atomic E-state index is 9.32. The van der Waals surface area contributed by atoms with Gasteiger partial charge in [0.15, 0.2) is 11.6 Å². The van der Waals surface area contributed by atoms with Crippen molar-refractivity contribution in [3.8, 4) is 5.75 Å². The first-order chi connectivity index (χ1) is 5.13. The predicted octanol–water partition coefficient (Wildman–Crippen LogP) is -0.199. The average molecular weight is 154 g/mol. The number of rotatable bonds is 1. The van der Waals surface area contributed by atoms with E-state index in [-0.39, 0.29) is 5.75 Å². The van der Waals surface area contributed by atoms with E-state index in [4.69, 9.17) is 5.84 Å². The van der Waals surface area contributed by atoms with Gasteiger partial charge in [0.05, 0.1) is 5.69 Å². The molecule has 0 saturated carbocycles. The average Bonchev–Trinajstić information content (AvgIpc) is 1.94. The quantitative estimate of drug-likeness (QED) is 0.433. The van der Waals surface area contributed by atoms with Crippen LogP contribution < -0.4 is 10.9 Å². The van der Waals surface area contributed by atoms with Gasteiger partial charge in [0.1, 0.15) is 6.33 Å². The van der Waals surface area contributed by atoms with Crippen molar-refractivity contribution < 1.29 is 5.11 Å². The van der Waals surface area contributed by atoms with Gasteiger partial charge in [-0.3, -0.25) is 5.01 Å². The molecule has 0 aliphatic heterocycles. The maximum Gasteiger partial charge on any atom is 0.188 e. The summed E-state index contributed by atoms with van der Waals surface area (Å²) in [5.41, 5.74) is 0.521. The molecule has 0 bridgehead atoms. The monoisotopic (exact) mass is 154 g/mol. The second-order valence-corrected chi connectivity index (χ2v) is 2.24. The topological polar surface area (TPSA) is 75.3 Å². The zero-order valence-corrected chi connectivity index (χ0v) is 6.44. The van der Waals surface area contributed by atoms with Gasteiger partial charge in [0.25, 0.3) is 0 Å². The molecule has 0 spiro atoms. The van der Waals surface area contributed by atoms with Crippen molar-refractivity contribution in [1.29, 1.82) is 0 Å². The molecule has 0 saturated heterocycles. The van der Waals surface area contributed by atoms with Crippen LogP contribution in [0.25, 0.3) is 0 Å². The number of hydrogen-bond acceptors (Lipinski definition) is 5. The van der Waals surface area contributed by atoms with Crippen LogP contribution in [0.5, 0.6) is 5.75 Å². The highest BCUT2D eigenvalue weighted by molar-refractivity contribution is 5.50. The number of hydrazine groups is 1. The van der Waals surface area contributed by atoms with Gasteiger partial charge in [-0.25, -0.2) is 15.8 Å². The van der Waals surface area contributed by atoms with E-state index < -0.39 is 0 Å². The number of aromatic nitrogens is 2. The number of hydrogen-bond donors (Lipinski definition) is 2. The standard InChI is InChI=1S/C6H10N4O/c1-4-5(11)6(10(2)7)9-3-8-4/h3,11H,7H2,1-2H3. The SMILES string of the molecule is Cc1ncnc(N(C)N)c1O. The Morgan fingerprint density at radius 2 is 2.18 bits per heavy atom. The molecule has 0 atom stereocenters. The van der Waals surface area contributed by atoms with Crippen LogP contribution in [0.4, 0.5) is 5.82 Å². The minimum atomic E-state index is 0.0255. The Hall–Kier alpha value is -1.36. The Labute approximate surface area is 64.5 Å². The second-order valence-electron chi connectivity index (χ2n) is 2.24. The minimum absolute atomic E-state index is 0.0255. The summed E-state index contributed by atoms with van der Waals surface area (Å²) in [5.74, 6) is 5.72. The van der Waals surface area contributed by atoms with Crippen molar-refractivity contribution in [3.63, 3.8) is 0 Å². The first kappa shape index (κ1) is 7.74. The smallest absolute Gasteiger partial charge is 0.188 e. The highest BCUT2D eigenvalue weighted by atomic mass is 16.3. The summed E-state index contributed by atoms with van der Waals surface area (Å²) in [6, 6.07) is 0. The summed E-state index contributed by atoms with van der Waals surface area (Å²) in [7, 11) is 1.60. The van der Waals surface area contributed by atoms with Gasteiger partial charge in [-0.15, -0.1) is 0 Å². The number of nitrogens with zero attached hydrogens (tertiary/aromatic N) is 3. The lowest BCUT2D eigenvalue weighted by atomic mass is 10.4. The molecule has 1 aromatic heterocycles. The van der Waals surface area contributed by atoms with Crippen molar-refractivity contribution in [2.24, 2.45) is 5.84 Å².